The number of hydrogen-bond donors (Lipinski definition) is 14. The van der Waals surface area contributed by atoms with Gasteiger partial charge in [-0.2, -0.15) is 0 Å². The van der Waals surface area contributed by atoms with Crippen LogP contribution in [0.1, 0.15) is 69.0 Å². The Bertz CT molecular complexity index is 2050. The van der Waals surface area contributed by atoms with Gasteiger partial charge >= 0.3 is 17.9 Å². The number of benzene rings is 1. The van der Waals surface area contributed by atoms with Gasteiger partial charge in [-0.15, -0.1) is 0 Å². The third-order valence-electron chi connectivity index (χ3n) is 9.77. The Balaban J connectivity index is 1.97. The predicted octanol–water partition coefficient (Wildman–Crippen LogP) is -2.58. The van der Waals surface area contributed by atoms with Crippen molar-refractivity contribution < 1.29 is 53.7 Å². The number of amides is 5. The van der Waals surface area contributed by atoms with Crippen LogP contribution in [-0.4, -0.2) is 133 Å². The van der Waals surface area contributed by atoms with E-state index in [9.17, 15) is 48.6 Å². The molecule has 2 heterocycles. The molecule has 0 saturated heterocycles. The highest BCUT2D eigenvalue weighted by atomic mass is 16.4. The quantitative estimate of drug-likeness (QED) is 0.0193. The number of para-hydroxylation sites is 1. The van der Waals surface area contributed by atoms with Crippen LogP contribution < -0.4 is 49.5 Å². The fourth-order valence-corrected chi connectivity index (χ4v) is 6.39. The van der Waals surface area contributed by atoms with Crippen molar-refractivity contribution in [3.05, 3.63) is 54.2 Å². The number of aromatic nitrogens is 3. The molecule has 3 aromatic rings. The fraction of sp³-hybridized carbons (Fsp3) is 0.487. The van der Waals surface area contributed by atoms with E-state index in [1.54, 1.807) is 30.5 Å². The van der Waals surface area contributed by atoms with Crippen molar-refractivity contribution in [3.63, 3.8) is 0 Å². The van der Waals surface area contributed by atoms with Crippen LogP contribution in [0.2, 0.25) is 0 Å². The Morgan fingerprint density at radius 1 is 0.667 bits per heavy atom. The summed E-state index contributed by atoms with van der Waals surface area (Å²) in [6.45, 7) is 0.351. The summed E-state index contributed by atoms with van der Waals surface area (Å²) in [5.41, 5.74) is 24.0. The molecule has 6 atom stereocenters. The average Bonchev–Trinajstić information content (AvgIpc) is 3.91. The Kier molecular flexibility index (Phi) is 20.5. The van der Waals surface area contributed by atoms with Gasteiger partial charge in [-0.05, 0) is 63.1 Å². The van der Waals surface area contributed by atoms with Crippen LogP contribution in [0.15, 0.2) is 48.0 Å². The SMILES string of the molecule is NCCCC[C@H](NC(=O)[C@H](CCC(=O)O)NC(=O)[C@H](Cc1cnc[nH]1)NC(=O)[C@H](Cc1c[nH]c2ccccc12)NC(=O)[C@H](CCCN=C(N)N)NC(=O)[C@@H](N)CCC(=O)O)C(=O)O. The molecule has 5 amide bonds. The molecule has 344 valence electrons. The first-order valence-electron chi connectivity index (χ1n) is 20.2. The van der Waals surface area contributed by atoms with Gasteiger partial charge in [0.25, 0.3) is 0 Å². The Labute approximate surface area is 361 Å². The highest BCUT2D eigenvalue weighted by molar-refractivity contribution is 5.97. The number of aliphatic carboxylic acids is 3. The molecule has 63 heavy (non-hydrogen) atoms. The van der Waals surface area contributed by atoms with Gasteiger partial charge in [0.2, 0.25) is 29.5 Å². The molecule has 0 aliphatic rings. The normalized spacial score (nSPS) is 13.9. The smallest absolute Gasteiger partial charge is 0.326 e. The van der Waals surface area contributed by atoms with E-state index in [1.165, 1.54) is 12.5 Å². The molecule has 0 aliphatic heterocycles. The van der Waals surface area contributed by atoms with Gasteiger partial charge in [-0.1, -0.05) is 18.2 Å². The van der Waals surface area contributed by atoms with E-state index in [2.05, 4.69) is 46.5 Å². The van der Waals surface area contributed by atoms with Crippen molar-refractivity contribution in [1.82, 2.24) is 41.5 Å². The van der Waals surface area contributed by atoms with E-state index >= 15 is 0 Å². The third-order valence-corrected chi connectivity index (χ3v) is 9.77. The molecule has 0 aliphatic carbocycles. The topological polar surface area (TPSA) is 418 Å². The number of unbranched alkanes of at least 4 members (excludes halogenated alkanes) is 1. The average molecular weight is 884 g/mol. The maximum absolute atomic E-state index is 14.4. The molecule has 0 bridgehead atoms. The monoisotopic (exact) mass is 883 g/mol. The molecule has 2 aromatic heterocycles. The number of H-pyrrole nitrogens is 2. The third kappa shape index (κ3) is 17.4. The van der Waals surface area contributed by atoms with Crippen molar-refractivity contribution in [1.29, 1.82) is 0 Å². The molecule has 0 radical (unpaired) electrons. The predicted molar refractivity (Wildman–Crippen MR) is 226 cm³/mol. The second-order valence-electron chi connectivity index (χ2n) is 14.7. The largest absolute Gasteiger partial charge is 0.481 e. The van der Waals surface area contributed by atoms with Gasteiger partial charge in [0.15, 0.2) is 5.96 Å². The van der Waals surface area contributed by atoms with Crippen LogP contribution in [0, 0.1) is 0 Å². The number of aromatic amines is 2. The second kappa shape index (κ2) is 25.6. The van der Waals surface area contributed by atoms with E-state index < -0.39 is 103 Å². The summed E-state index contributed by atoms with van der Waals surface area (Å²) in [6.07, 6.45) is 3.22. The van der Waals surface area contributed by atoms with Crippen molar-refractivity contribution in [2.75, 3.05) is 13.1 Å². The Morgan fingerprint density at radius 3 is 1.83 bits per heavy atom. The highest BCUT2D eigenvalue weighted by Gasteiger charge is 2.34. The van der Waals surface area contributed by atoms with E-state index in [4.69, 9.17) is 28.0 Å². The van der Waals surface area contributed by atoms with Gasteiger partial charge in [0, 0.05) is 61.2 Å². The van der Waals surface area contributed by atoms with Gasteiger partial charge in [-0.3, -0.25) is 38.6 Å². The number of carboxylic acids is 3. The van der Waals surface area contributed by atoms with Crippen LogP contribution in [0.5, 0.6) is 0 Å². The fourth-order valence-electron chi connectivity index (χ4n) is 6.39. The summed E-state index contributed by atoms with van der Waals surface area (Å²) < 4.78 is 0. The minimum atomic E-state index is -1.56. The number of aliphatic imine (C=N–C) groups is 1. The number of imidazole rings is 1. The molecule has 0 fully saturated rings. The number of carboxylic acid groups (broad SMARTS) is 3. The molecule has 0 spiro atoms. The van der Waals surface area contributed by atoms with E-state index in [0.717, 1.165) is 0 Å². The lowest BCUT2D eigenvalue weighted by molar-refractivity contribution is -0.143. The van der Waals surface area contributed by atoms with Crippen molar-refractivity contribution in [2.24, 2.45) is 27.9 Å². The minimum Gasteiger partial charge on any atom is -0.481 e. The van der Waals surface area contributed by atoms with E-state index in [-0.39, 0.29) is 57.6 Å². The van der Waals surface area contributed by atoms with Crippen molar-refractivity contribution >= 4 is 64.3 Å². The first kappa shape index (κ1) is 50.3. The number of fused-ring (bicyclic) bond motifs is 1. The number of hydrogen-bond acceptors (Lipinski definition) is 12. The molecule has 3 rings (SSSR count). The lowest BCUT2D eigenvalue weighted by Gasteiger charge is -2.27. The number of rotatable bonds is 29. The van der Waals surface area contributed by atoms with Crippen molar-refractivity contribution in [2.45, 2.75) is 107 Å². The zero-order valence-electron chi connectivity index (χ0n) is 34.5. The van der Waals surface area contributed by atoms with Crippen LogP contribution in [0.25, 0.3) is 10.9 Å². The summed E-state index contributed by atoms with van der Waals surface area (Å²) in [4.78, 5) is 117. The maximum atomic E-state index is 14.4. The summed E-state index contributed by atoms with van der Waals surface area (Å²) in [5.74, 6) is -8.57. The molecular formula is C39H57N13O11. The highest BCUT2D eigenvalue weighted by Crippen LogP contribution is 2.20. The lowest BCUT2D eigenvalue weighted by atomic mass is 10.0. The van der Waals surface area contributed by atoms with Crippen LogP contribution in [-0.2, 0) is 51.2 Å². The Hall–Kier alpha value is -7.08. The first-order valence-corrected chi connectivity index (χ1v) is 20.2. The molecular weight excluding hydrogens is 827 g/mol. The standard InChI is InChI=1S/C39H57N13O11/c40-14-4-3-8-28(38(62)63)50-35(59)27(11-13-32(55)56)49-37(61)30(17-22-19-44-20-47-22)52-36(60)29(16-21-18-46-25-7-2-1-6-23(21)25)51-34(58)26(9-5-15-45-39(42)43)48-33(57)24(41)10-12-31(53)54/h1-2,6-7,18-20,24,26-30,46H,3-5,8-17,40-41H2,(H,44,47)(H,48,57)(H,49,61)(H,50,59)(H,51,58)(H,52,60)(H,53,54)(H,55,56)(H,62,63)(H4,42,43,45)/t24-,26-,27-,28-,29-,30-/m0/s1. The van der Waals surface area contributed by atoms with Gasteiger partial charge in [-0.25, -0.2) is 9.78 Å². The molecule has 18 N–H and O–H groups in total. The maximum Gasteiger partial charge on any atom is 0.326 e. The second-order valence-corrected chi connectivity index (χ2v) is 14.7. The zero-order chi connectivity index (χ0) is 46.5. The van der Waals surface area contributed by atoms with Crippen LogP contribution in [0.3, 0.4) is 0 Å². The number of nitrogens with two attached hydrogens (primary N) is 4. The Morgan fingerprint density at radius 2 is 1.22 bits per heavy atom. The van der Waals surface area contributed by atoms with Crippen LogP contribution >= 0.6 is 0 Å². The summed E-state index contributed by atoms with van der Waals surface area (Å²) in [5, 5.41) is 41.6. The first-order chi connectivity index (χ1) is 30.0. The number of carbonyl (C=O) groups is 8. The number of guanidine groups is 1. The molecule has 1 aromatic carbocycles. The lowest BCUT2D eigenvalue weighted by Crippen LogP contribution is -2.60. The summed E-state index contributed by atoms with van der Waals surface area (Å²) in [6, 6.07) is -1.36. The number of nitrogens with zero attached hydrogens (tertiary/aromatic N) is 2. The molecule has 24 nitrogen and oxygen atoms in total. The zero-order valence-corrected chi connectivity index (χ0v) is 34.5. The minimum absolute atomic E-state index is 0.0121. The van der Waals surface area contributed by atoms with Gasteiger partial charge in [0.05, 0.1) is 12.4 Å². The van der Waals surface area contributed by atoms with E-state index in [1.807, 2.05) is 0 Å². The van der Waals surface area contributed by atoms with Gasteiger partial charge < -0.3 is 74.8 Å². The number of nitrogens with one attached hydrogen (secondary N) is 7. The summed E-state index contributed by atoms with van der Waals surface area (Å²) in [7, 11) is 0. The summed E-state index contributed by atoms with van der Waals surface area (Å²) >= 11 is 0. The molecule has 0 saturated carbocycles. The van der Waals surface area contributed by atoms with Crippen molar-refractivity contribution in [3.8, 4) is 0 Å². The van der Waals surface area contributed by atoms with Crippen LogP contribution in [0.4, 0.5) is 0 Å². The van der Waals surface area contributed by atoms with Gasteiger partial charge in [0.1, 0.15) is 30.2 Å². The van der Waals surface area contributed by atoms with E-state index in [0.29, 0.717) is 35.0 Å². The number of carbonyl (C=O) groups excluding carboxylic acids is 5. The molecule has 24 heteroatoms. The molecule has 0 unspecified atom stereocenters.